The summed E-state index contributed by atoms with van der Waals surface area (Å²) in [4.78, 5) is 12.2. The van der Waals surface area contributed by atoms with Gasteiger partial charge in [-0.15, -0.1) is 5.10 Å². The van der Waals surface area contributed by atoms with Gasteiger partial charge in [0.15, 0.2) is 5.69 Å². The molecule has 1 aliphatic rings. The first-order valence-electron chi connectivity index (χ1n) is 8.19. The Morgan fingerprint density at radius 2 is 2.21 bits per heavy atom. The number of carbonyl (C=O) groups is 1. The van der Waals surface area contributed by atoms with Gasteiger partial charge in [0.2, 0.25) is 0 Å². The molecule has 1 aliphatic heterocycles. The van der Waals surface area contributed by atoms with Gasteiger partial charge in [0.1, 0.15) is 11.9 Å². The molecule has 1 unspecified atom stereocenters. The summed E-state index contributed by atoms with van der Waals surface area (Å²) < 4.78 is 12.8. The van der Waals surface area contributed by atoms with Crippen molar-refractivity contribution < 1.29 is 14.3 Å². The molecule has 0 saturated heterocycles. The predicted octanol–water partition coefficient (Wildman–Crippen LogP) is 2.09. The number of carbonyl (C=O) groups excluding carboxylic acids is 1. The Kier molecular flexibility index (Phi) is 5.10. The zero-order valence-corrected chi connectivity index (χ0v) is 14.0. The SMILES string of the molecule is CCCCNC(=O)c1nnn2c1COC(c1ccc(OC)cc1)C2. The lowest BCUT2D eigenvalue weighted by Crippen LogP contribution is -2.28. The van der Waals surface area contributed by atoms with E-state index in [-0.39, 0.29) is 12.0 Å². The fourth-order valence-corrected chi connectivity index (χ4v) is 2.67. The smallest absolute Gasteiger partial charge is 0.273 e. The van der Waals surface area contributed by atoms with Crippen LogP contribution in [0.25, 0.3) is 0 Å². The highest BCUT2D eigenvalue weighted by Gasteiger charge is 2.27. The van der Waals surface area contributed by atoms with Gasteiger partial charge in [-0.1, -0.05) is 30.7 Å². The van der Waals surface area contributed by atoms with Crippen molar-refractivity contribution in [3.8, 4) is 5.75 Å². The quantitative estimate of drug-likeness (QED) is 0.821. The van der Waals surface area contributed by atoms with Crippen LogP contribution in [-0.4, -0.2) is 34.6 Å². The van der Waals surface area contributed by atoms with Gasteiger partial charge >= 0.3 is 0 Å². The van der Waals surface area contributed by atoms with E-state index in [2.05, 4.69) is 22.6 Å². The summed E-state index contributed by atoms with van der Waals surface area (Å²) in [7, 11) is 1.64. The summed E-state index contributed by atoms with van der Waals surface area (Å²) in [5.74, 6) is 0.623. The second-order valence-electron chi connectivity index (χ2n) is 5.75. The van der Waals surface area contributed by atoms with Crippen molar-refractivity contribution >= 4 is 5.91 Å². The zero-order valence-electron chi connectivity index (χ0n) is 14.0. The van der Waals surface area contributed by atoms with Crippen molar-refractivity contribution in [2.24, 2.45) is 0 Å². The molecule has 1 N–H and O–H groups in total. The van der Waals surface area contributed by atoms with Gasteiger partial charge in [-0.25, -0.2) is 4.68 Å². The Bertz CT molecular complexity index is 696. The second kappa shape index (κ2) is 7.44. The van der Waals surface area contributed by atoms with E-state index in [4.69, 9.17) is 9.47 Å². The molecule has 128 valence electrons. The molecule has 2 heterocycles. The van der Waals surface area contributed by atoms with Crippen LogP contribution in [0.15, 0.2) is 24.3 Å². The highest BCUT2D eigenvalue weighted by atomic mass is 16.5. The Morgan fingerprint density at radius 1 is 1.42 bits per heavy atom. The van der Waals surface area contributed by atoms with Gasteiger partial charge in [-0.05, 0) is 24.1 Å². The van der Waals surface area contributed by atoms with Crippen molar-refractivity contribution in [2.45, 2.75) is 39.0 Å². The highest BCUT2D eigenvalue weighted by Crippen LogP contribution is 2.28. The first-order valence-corrected chi connectivity index (χ1v) is 8.19. The summed E-state index contributed by atoms with van der Waals surface area (Å²) in [6.07, 6.45) is 1.87. The Labute approximate surface area is 141 Å². The van der Waals surface area contributed by atoms with E-state index in [9.17, 15) is 4.79 Å². The third-order valence-corrected chi connectivity index (χ3v) is 4.12. The zero-order chi connectivity index (χ0) is 16.9. The van der Waals surface area contributed by atoms with Crippen molar-refractivity contribution in [1.82, 2.24) is 20.3 Å². The molecule has 7 heteroatoms. The number of aromatic nitrogens is 3. The van der Waals surface area contributed by atoms with Gasteiger partial charge in [0, 0.05) is 6.54 Å². The number of rotatable bonds is 6. The number of hydrogen-bond acceptors (Lipinski definition) is 5. The van der Waals surface area contributed by atoms with E-state index in [0.717, 1.165) is 29.8 Å². The first-order chi connectivity index (χ1) is 11.7. The van der Waals surface area contributed by atoms with Crippen LogP contribution in [0.1, 0.15) is 47.6 Å². The molecule has 0 radical (unpaired) electrons. The Morgan fingerprint density at radius 3 is 2.92 bits per heavy atom. The first kappa shape index (κ1) is 16.4. The number of nitrogens with zero attached hydrogens (tertiary/aromatic N) is 3. The van der Waals surface area contributed by atoms with E-state index < -0.39 is 0 Å². The van der Waals surface area contributed by atoms with E-state index in [1.165, 1.54) is 0 Å². The number of hydrogen-bond donors (Lipinski definition) is 1. The number of unbranched alkanes of at least 4 members (excludes halogenated alkanes) is 1. The minimum atomic E-state index is -0.184. The molecule has 1 aromatic heterocycles. The standard InChI is InChI=1S/C17H22N4O3/c1-3-4-9-18-17(22)16-14-11-24-15(10-21(14)20-19-16)12-5-7-13(23-2)8-6-12/h5-8,15H,3-4,9-11H2,1-2H3,(H,18,22). The van der Waals surface area contributed by atoms with Gasteiger partial charge in [0.25, 0.3) is 5.91 Å². The lowest BCUT2D eigenvalue weighted by atomic mass is 10.1. The minimum Gasteiger partial charge on any atom is -0.497 e. The van der Waals surface area contributed by atoms with Crippen molar-refractivity contribution in [2.75, 3.05) is 13.7 Å². The molecule has 0 spiro atoms. The summed E-state index contributed by atoms with van der Waals surface area (Å²) >= 11 is 0. The van der Waals surface area contributed by atoms with Crippen molar-refractivity contribution in [3.05, 3.63) is 41.2 Å². The second-order valence-corrected chi connectivity index (χ2v) is 5.75. The van der Waals surface area contributed by atoms with Gasteiger partial charge in [-0.3, -0.25) is 4.79 Å². The monoisotopic (exact) mass is 330 g/mol. The molecule has 1 atom stereocenters. The maximum Gasteiger partial charge on any atom is 0.273 e. The summed E-state index contributed by atoms with van der Waals surface area (Å²) in [5, 5.41) is 11.0. The molecule has 24 heavy (non-hydrogen) atoms. The molecule has 0 aliphatic carbocycles. The molecule has 0 fully saturated rings. The summed E-state index contributed by atoms with van der Waals surface area (Å²) in [6, 6.07) is 7.76. The third-order valence-electron chi connectivity index (χ3n) is 4.12. The van der Waals surface area contributed by atoms with Crippen LogP contribution in [0.3, 0.4) is 0 Å². The third kappa shape index (κ3) is 3.41. The van der Waals surface area contributed by atoms with Crippen molar-refractivity contribution in [3.63, 3.8) is 0 Å². The molecule has 1 aromatic carbocycles. The summed E-state index contributed by atoms with van der Waals surface area (Å²) in [6.45, 7) is 3.59. The fourth-order valence-electron chi connectivity index (χ4n) is 2.67. The molecule has 7 nitrogen and oxygen atoms in total. The number of fused-ring (bicyclic) bond motifs is 1. The van der Waals surface area contributed by atoms with E-state index >= 15 is 0 Å². The number of ether oxygens (including phenoxy) is 2. The van der Waals surface area contributed by atoms with Crippen LogP contribution in [0, 0.1) is 0 Å². The maximum atomic E-state index is 12.2. The lowest BCUT2D eigenvalue weighted by molar-refractivity contribution is -0.00179. The van der Waals surface area contributed by atoms with Crippen LogP contribution >= 0.6 is 0 Å². The predicted molar refractivity (Wildman–Crippen MR) is 87.8 cm³/mol. The average molecular weight is 330 g/mol. The maximum absolute atomic E-state index is 12.2. The van der Waals surface area contributed by atoms with E-state index in [1.807, 2.05) is 24.3 Å². The topological polar surface area (TPSA) is 78.3 Å². The van der Waals surface area contributed by atoms with Crippen LogP contribution in [0.5, 0.6) is 5.75 Å². The van der Waals surface area contributed by atoms with Gasteiger partial charge < -0.3 is 14.8 Å². The molecule has 1 amide bonds. The fraction of sp³-hybridized carbons (Fsp3) is 0.471. The van der Waals surface area contributed by atoms with Gasteiger partial charge in [-0.2, -0.15) is 0 Å². The van der Waals surface area contributed by atoms with Crippen LogP contribution in [0.4, 0.5) is 0 Å². The number of nitrogens with one attached hydrogen (secondary N) is 1. The largest absolute Gasteiger partial charge is 0.497 e. The minimum absolute atomic E-state index is 0.110. The normalized spacial score (nSPS) is 16.5. The van der Waals surface area contributed by atoms with Gasteiger partial charge in [0.05, 0.1) is 26.0 Å². The van der Waals surface area contributed by atoms with E-state index in [1.54, 1.807) is 11.8 Å². The number of methoxy groups -OCH3 is 1. The number of amides is 1. The van der Waals surface area contributed by atoms with Crippen molar-refractivity contribution in [1.29, 1.82) is 0 Å². The number of benzene rings is 1. The molecule has 3 rings (SSSR count). The molecule has 2 aromatic rings. The highest BCUT2D eigenvalue weighted by molar-refractivity contribution is 5.93. The summed E-state index contributed by atoms with van der Waals surface area (Å²) in [5.41, 5.74) is 2.14. The molecular weight excluding hydrogens is 308 g/mol. The van der Waals surface area contributed by atoms with Crippen LogP contribution in [0.2, 0.25) is 0 Å². The van der Waals surface area contributed by atoms with E-state index in [0.29, 0.717) is 25.4 Å². The lowest BCUT2D eigenvalue weighted by Gasteiger charge is -2.24. The Balaban J connectivity index is 1.69. The van der Waals surface area contributed by atoms with Crippen LogP contribution in [-0.2, 0) is 17.9 Å². The van der Waals surface area contributed by atoms with Crippen LogP contribution < -0.4 is 10.1 Å². The Hall–Kier alpha value is -2.41. The molecular formula is C17H22N4O3. The molecule has 0 saturated carbocycles. The molecule has 0 bridgehead atoms. The average Bonchev–Trinajstić information content (AvgIpc) is 3.05.